The van der Waals surface area contributed by atoms with Gasteiger partial charge in [0.1, 0.15) is 22.7 Å². The lowest BCUT2D eigenvalue weighted by atomic mass is 10.3. The van der Waals surface area contributed by atoms with Crippen molar-refractivity contribution in [3.8, 4) is 17.4 Å². The normalized spacial score (nSPS) is 11.4. The molecule has 1 aromatic carbocycles. The summed E-state index contributed by atoms with van der Waals surface area (Å²) in [5, 5.41) is 7.83. The minimum atomic E-state index is -3.76. The number of hydrogen-bond acceptors (Lipinski definition) is 8. The van der Waals surface area contributed by atoms with Crippen molar-refractivity contribution >= 4 is 15.7 Å². The summed E-state index contributed by atoms with van der Waals surface area (Å²) in [4.78, 5) is 8.66. The number of aryl methyl sites for hydroxylation is 3. The van der Waals surface area contributed by atoms with Crippen LogP contribution < -0.4 is 9.46 Å². The van der Waals surface area contributed by atoms with Crippen LogP contribution in [0.25, 0.3) is 5.82 Å². The van der Waals surface area contributed by atoms with Crippen molar-refractivity contribution in [2.75, 3.05) is 4.72 Å². The summed E-state index contributed by atoms with van der Waals surface area (Å²) in [6, 6.07) is 10.1. The molecule has 0 saturated heterocycles. The molecule has 3 aromatic heterocycles. The van der Waals surface area contributed by atoms with Crippen LogP contribution in [0.5, 0.6) is 11.6 Å². The molecule has 154 valence electrons. The molecule has 0 fully saturated rings. The molecule has 10 nitrogen and oxygen atoms in total. The molecular formula is C19H18N6O4S. The van der Waals surface area contributed by atoms with Gasteiger partial charge < -0.3 is 9.26 Å². The van der Waals surface area contributed by atoms with Gasteiger partial charge in [-0.25, -0.2) is 18.1 Å². The number of rotatable bonds is 6. The quantitative estimate of drug-likeness (QED) is 0.498. The Balaban J connectivity index is 1.53. The van der Waals surface area contributed by atoms with Crippen molar-refractivity contribution in [2.45, 2.75) is 25.7 Å². The largest absolute Gasteiger partial charge is 0.439 e. The van der Waals surface area contributed by atoms with Crippen molar-refractivity contribution in [2.24, 2.45) is 0 Å². The molecule has 0 atom stereocenters. The predicted molar refractivity (Wildman–Crippen MR) is 107 cm³/mol. The molecule has 0 saturated carbocycles. The van der Waals surface area contributed by atoms with Gasteiger partial charge >= 0.3 is 0 Å². The lowest BCUT2D eigenvalue weighted by Gasteiger charge is -2.10. The number of anilines is 1. The molecule has 1 N–H and O–H groups in total. The fourth-order valence-electron chi connectivity index (χ4n) is 2.80. The fraction of sp³-hybridized carbons (Fsp3) is 0.158. The molecule has 0 aliphatic rings. The molecular weight excluding hydrogens is 408 g/mol. The number of aromatic nitrogens is 5. The third kappa shape index (κ3) is 4.15. The highest BCUT2D eigenvalue weighted by molar-refractivity contribution is 7.92. The number of benzene rings is 1. The highest BCUT2D eigenvalue weighted by Crippen LogP contribution is 2.24. The van der Waals surface area contributed by atoms with Crippen LogP contribution in [0.4, 0.5) is 5.69 Å². The second-order valence-electron chi connectivity index (χ2n) is 6.54. The van der Waals surface area contributed by atoms with E-state index in [9.17, 15) is 8.42 Å². The van der Waals surface area contributed by atoms with E-state index in [1.807, 2.05) is 19.9 Å². The van der Waals surface area contributed by atoms with Crippen molar-refractivity contribution in [3.63, 3.8) is 0 Å². The van der Waals surface area contributed by atoms with E-state index in [1.54, 1.807) is 41.9 Å². The van der Waals surface area contributed by atoms with Gasteiger partial charge in [-0.15, -0.1) is 0 Å². The van der Waals surface area contributed by atoms with Gasteiger partial charge in [0.2, 0.25) is 5.88 Å². The summed E-state index contributed by atoms with van der Waals surface area (Å²) < 4.78 is 39.0. The number of nitrogens with zero attached hydrogens (tertiary/aromatic N) is 5. The van der Waals surface area contributed by atoms with Crippen molar-refractivity contribution in [3.05, 3.63) is 66.1 Å². The summed E-state index contributed by atoms with van der Waals surface area (Å²) in [5.41, 5.74) is 2.20. The summed E-state index contributed by atoms with van der Waals surface area (Å²) in [5.74, 6) is 1.97. The molecule has 3 heterocycles. The van der Waals surface area contributed by atoms with E-state index in [0.29, 0.717) is 29.0 Å². The zero-order valence-electron chi connectivity index (χ0n) is 16.4. The highest BCUT2D eigenvalue weighted by atomic mass is 32.2. The maximum absolute atomic E-state index is 12.2. The summed E-state index contributed by atoms with van der Waals surface area (Å²) >= 11 is 0. The predicted octanol–water partition coefficient (Wildman–Crippen LogP) is 3.17. The van der Waals surface area contributed by atoms with Crippen LogP contribution in [-0.4, -0.2) is 33.3 Å². The average molecular weight is 426 g/mol. The van der Waals surface area contributed by atoms with Crippen LogP contribution in [0.3, 0.4) is 0 Å². The first-order valence-corrected chi connectivity index (χ1v) is 10.4. The molecule has 0 amide bonds. The topological polar surface area (TPSA) is 125 Å². The minimum absolute atomic E-state index is 0.0593. The lowest BCUT2D eigenvalue weighted by Crippen LogP contribution is -2.11. The SMILES string of the molecule is Cc1cc(C)n(-c2cc(Oc3ccc(NS(=O)(=O)c4cnoc4)cc3)nc(C)n2)n1. The van der Waals surface area contributed by atoms with Crippen molar-refractivity contribution in [1.29, 1.82) is 0 Å². The maximum Gasteiger partial charge on any atom is 0.266 e. The third-order valence-electron chi connectivity index (χ3n) is 4.08. The Morgan fingerprint density at radius 3 is 2.47 bits per heavy atom. The standard InChI is InChI=1S/C19H18N6O4S/c1-12-8-13(2)25(23-12)18-9-19(22-14(3)21-18)29-16-6-4-15(5-7-16)24-30(26,27)17-10-20-28-11-17/h4-11,24H,1-3H3. The van der Waals surface area contributed by atoms with Crippen LogP contribution in [0.1, 0.15) is 17.2 Å². The summed E-state index contributed by atoms with van der Waals surface area (Å²) in [6.45, 7) is 5.62. The molecule has 4 aromatic rings. The number of sulfonamides is 1. The smallest absolute Gasteiger partial charge is 0.266 e. The van der Waals surface area contributed by atoms with Crippen LogP contribution in [-0.2, 0) is 10.0 Å². The van der Waals surface area contributed by atoms with Gasteiger partial charge in [-0.2, -0.15) is 10.1 Å². The minimum Gasteiger partial charge on any atom is -0.439 e. The molecule has 0 bridgehead atoms. The maximum atomic E-state index is 12.2. The Morgan fingerprint density at radius 2 is 1.83 bits per heavy atom. The monoisotopic (exact) mass is 426 g/mol. The van der Waals surface area contributed by atoms with E-state index in [0.717, 1.165) is 23.8 Å². The van der Waals surface area contributed by atoms with Crippen molar-refractivity contribution < 1.29 is 17.7 Å². The highest BCUT2D eigenvalue weighted by Gasteiger charge is 2.16. The van der Waals surface area contributed by atoms with Crippen LogP contribution >= 0.6 is 0 Å². The van der Waals surface area contributed by atoms with Crippen LogP contribution in [0.2, 0.25) is 0 Å². The van der Waals surface area contributed by atoms with E-state index >= 15 is 0 Å². The molecule has 0 unspecified atom stereocenters. The molecule has 0 aliphatic carbocycles. The van der Waals surface area contributed by atoms with Gasteiger partial charge in [0, 0.05) is 17.4 Å². The van der Waals surface area contributed by atoms with Gasteiger partial charge in [0.05, 0.1) is 11.9 Å². The Morgan fingerprint density at radius 1 is 1.07 bits per heavy atom. The van der Waals surface area contributed by atoms with Gasteiger partial charge in [-0.05, 0) is 51.1 Å². The molecule has 4 rings (SSSR count). The van der Waals surface area contributed by atoms with Crippen LogP contribution in [0.15, 0.2) is 58.3 Å². The Hall–Kier alpha value is -3.73. The molecule has 0 radical (unpaired) electrons. The number of hydrogen-bond donors (Lipinski definition) is 1. The van der Waals surface area contributed by atoms with Crippen molar-refractivity contribution in [1.82, 2.24) is 24.9 Å². The third-order valence-corrected chi connectivity index (χ3v) is 5.40. The first-order chi connectivity index (χ1) is 14.3. The van der Waals surface area contributed by atoms with E-state index in [4.69, 9.17) is 4.74 Å². The first kappa shape index (κ1) is 19.6. The Bertz CT molecular complexity index is 1280. The zero-order chi connectivity index (χ0) is 21.3. The van der Waals surface area contributed by atoms with Gasteiger partial charge in [0.15, 0.2) is 5.82 Å². The van der Waals surface area contributed by atoms with Gasteiger partial charge in [-0.1, -0.05) is 5.16 Å². The molecule has 30 heavy (non-hydrogen) atoms. The summed E-state index contributed by atoms with van der Waals surface area (Å²) in [7, 11) is -3.76. The second kappa shape index (κ2) is 7.59. The fourth-order valence-corrected chi connectivity index (χ4v) is 3.72. The van der Waals surface area contributed by atoms with E-state index < -0.39 is 10.0 Å². The molecule has 0 spiro atoms. The molecule has 11 heteroatoms. The van der Waals surface area contributed by atoms with E-state index in [2.05, 4.69) is 29.5 Å². The Kier molecular flexibility index (Phi) is 4.96. The summed E-state index contributed by atoms with van der Waals surface area (Å²) in [6.07, 6.45) is 2.18. The second-order valence-corrected chi connectivity index (χ2v) is 8.22. The van der Waals surface area contributed by atoms with Gasteiger partial charge in [-0.3, -0.25) is 4.72 Å². The van der Waals surface area contributed by atoms with Crippen LogP contribution in [0, 0.1) is 20.8 Å². The van der Waals surface area contributed by atoms with Gasteiger partial charge in [0.25, 0.3) is 10.0 Å². The molecule has 0 aliphatic heterocycles. The average Bonchev–Trinajstić information content (AvgIpc) is 3.33. The zero-order valence-corrected chi connectivity index (χ0v) is 17.2. The lowest BCUT2D eigenvalue weighted by molar-refractivity contribution is 0.417. The Labute approximate surface area is 172 Å². The number of nitrogens with one attached hydrogen (secondary N) is 1. The number of ether oxygens (including phenoxy) is 1. The van der Waals surface area contributed by atoms with E-state index in [1.165, 1.54) is 0 Å². The first-order valence-electron chi connectivity index (χ1n) is 8.89. The van der Waals surface area contributed by atoms with E-state index in [-0.39, 0.29) is 4.90 Å².